The van der Waals surface area contributed by atoms with E-state index in [1.54, 1.807) is 0 Å². The third-order valence-electron chi connectivity index (χ3n) is 8.71. The highest BCUT2D eigenvalue weighted by Crippen LogP contribution is 2.41. The number of hydrogen-bond acceptors (Lipinski definition) is 6. The van der Waals surface area contributed by atoms with Gasteiger partial charge in [0.15, 0.2) is 5.82 Å². The Labute approximate surface area is 232 Å². The fraction of sp³-hybridized carbons (Fsp3) is 0.448. The van der Waals surface area contributed by atoms with Crippen molar-refractivity contribution in [2.75, 3.05) is 38.2 Å². The van der Waals surface area contributed by atoms with Crippen molar-refractivity contribution in [2.24, 2.45) is 0 Å². The average Bonchev–Trinajstić information content (AvgIpc) is 3.64. The first kappa shape index (κ1) is 26.4. The minimum atomic E-state index is -4.60. The predicted molar refractivity (Wildman–Crippen MR) is 145 cm³/mol. The summed E-state index contributed by atoms with van der Waals surface area (Å²) in [6, 6.07) is 4.94. The molecule has 2 bridgehead atoms. The van der Waals surface area contributed by atoms with Gasteiger partial charge in [-0.05, 0) is 63.5 Å². The van der Waals surface area contributed by atoms with E-state index in [0.29, 0.717) is 31.0 Å². The van der Waals surface area contributed by atoms with E-state index < -0.39 is 28.9 Å². The molecule has 7 rings (SSSR count). The van der Waals surface area contributed by atoms with Gasteiger partial charge in [0.25, 0.3) is 0 Å². The van der Waals surface area contributed by atoms with Gasteiger partial charge in [0.05, 0.1) is 11.1 Å². The van der Waals surface area contributed by atoms with E-state index in [9.17, 15) is 13.2 Å². The predicted octanol–water partition coefficient (Wildman–Crippen LogP) is 5.49. The number of benzene rings is 2. The van der Waals surface area contributed by atoms with Gasteiger partial charge < -0.3 is 24.8 Å². The van der Waals surface area contributed by atoms with Gasteiger partial charge in [-0.25, -0.2) is 8.78 Å². The summed E-state index contributed by atoms with van der Waals surface area (Å²) in [5.74, 6) is -1.48. The van der Waals surface area contributed by atoms with Crippen LogP contribution in [-0.2, 0) is 6.18 Å². The lowest BCUT2D eigenvalue weighted by Gasteiger charge is -2.34. The van der Waals surface area contributed by atoms with Crippen LogP contribution in [0.5, 0.6) is 6.01 Å². The molecule has 12 heteroatoms. The van der Waals surface area contributed by atoms with E-state index in [-0.39, 0.29) is 46.0 Å². The molecule has 0 aliphatic carbocycles. The van der Waals surface area contributed by atoms with Crippen molar-refractivity contribution in [3.8, 4) is 17.1 Å². The SMILES string of the molecule is CN1CCC[C@H]1COc1nc(N2C[C@H]3CC[C@@H](C2)N3)c2cc(F)c(-c3c[nH]c4ccc(C(F)(F)F)cc34)c(F)c2n1. The molecule has 216 valence electrons. The Bertz CT molecular complexity index is 1630. The first-order valence-electron chi connectivity index (χ1n) is 13.9. The molecule has 3 aliphatic heterocycles. The maximum atomic E-state index is 16.4. The number of aromatic amines is 1. The van der Waals surface area contributed by atoms with E-state index >= 15 is 8.78 Å². The van der Waals surface area contributed by atoms with Crippen LogP contribution in [0.4, 0.5) is 27.8 Å². The third kappa shape index (κ3) is 4.66. The topological polar surface area (TPSA) is 69.3 Å². The highest BCUT2D eigenvalue weighted by molar-refractivity contribution is 6.00. The number of nitrogens with zero attached hydrogens (tertiary/aromatic N) is 4. The van der Waals surface area contributed by atoms with E-state index in [1.807, 2.05) is 11.9 Å². The van der Waals surface area contributed by atoms with E-state index in [0.717, 1.165) is 44.4 Å². The normalized spacial score (nSPS) is 23.3. The van der Waals surface area contributed by atoms with Gasteiger partial charge in [-0.15, -0.1) is 0 Å². The Morgan fingerprint density at radius 1 is 1.02 bits per heavy atom. The van der Waals surface area contributed by atoms with Gasteiger partial charge in [0.2, 0.25) is 0 Å². The number of likely N-dealkylation sites (tertiary alicyclic amines) is 1. The highest BCUT2D eigenvalue weighted by Gasteiger charge is 2.35. The highest BCUT2D eigenvalue weighted by atomic mass is 19.4. The van der Waals surface area contributed by atoms with Crippen molar-refractivity contribution in [3.63, 3.8) is 0 Å². The number of piperazine rings is 1. The summed E-state index contributed by atoms with van der Waals surface area (Å²) in [5.41, 5.74) is -1.17. The summed E-state index contributed by atoms with van der Waals surface area (Å²) in [4.78, 5) is 16.1. The second-order valence-corrected chi connectivity index (χ2v) is 11.4. The molecule has 0 spiro atoms. The van der Waals surface area contributed by atoms with Crippen LogP contribution >= 0.6 is 0 Å². The molecule has 3 saturated heterocycles. The number of anilines is 1. The van der Waals surface area contributed by atoms with Crippen LogP contribution in [0.25, 0.3) is 32.9 Å². The number of alkyl halides is 3. The zero-order chi connectivity index (χ0) is 28.5. The smallest absolute Gasteiger partial charge is 0.416 e. The maximum absolute atomic E-state index is 16.4. The molecule has 3 atom stereocenters. The van der Waals surface area contributed by atoms with Crippen LogP contribution in [-0.4, -0.2) is 71.3 Å². The number of ether oxygens (including phenoxy) is 1. The Morgan fingerprint density at radius 2 is 1.80 bits per heavy atom. The first-order chi connectivity index (χ1) is 19.7. The summed E-state index contributed by atoms with van der Waals surface area (Å²) in [7, 11) is 2.02. The quantitative estimate of drug-likeness (QED) is 0.309. The molecule has 3 aliphatic rings. The molecular formula is C29H29F5N6O. The molecule has 0 unspecified atom stereocenters. The summed E-state index contributed by atoms with van der Waals surface area (Å²) >= 11 is 0. The number of nitrogens with one attached hydrogen (secondary N) is 2. The first-order valence-corrected chi connectivity index (χ1v) is 13.9. The fourth-order valence-corrected chi connectivity index (χ4v) is 6.55. The van der Waals surface area contributed by atoms with Gasteiger partial charge in [-0.2, -0.15) is 23.1 Å². The van der Waals surface area contributed by atoms with Gasteiger partial charge in [0.1, 0.15) is 23.8 Å². The molecule has 0 saturated carbocycles. The van der Waals surface area contributed by atoms with Crippen molar-refractivity contribution in [1.29, 1.82) is 0 Å². The maximum Gasteiger partial charge on any atom is 0.416 e. The lowest BCUT2D eigenvalue weighted by Crippen LogP contribution is -2.51. The number of likely N-dealkylation sites (N-methyl/N-ethyl adjacent to an activating group) is 1. The average molecular weight is 573 g/mol. The van der Waals surface area contributed by atoms with E-state index in [1.165, 1.54) is 18.3 Å². The molecule has 5 heterocycles. The molecule has 2 aromatic carbocycles. The van der Waals surface area contributed by atoms with Crippen LogP contribution in [0.2, 0.25) is 0 Å². The van der Waals surface area contributed by atoms with Crippen LogP contribution in [0.3, 0.4) is 0 Å². The van der Waals surface area contributed by atoms with E-state index in [4.69, 9.17) is 4.74 Å². The van der Waals surface area contributed by atoms with Crippen molar-refractivity contribution in [1.82, 2.24) is 25.2 Å². The lowest BCUT2D eigenvalue weighted by molar-refractivity contribution is -0.137. The fourth-order valence-electron chi connectivity index (χ4n) is 6.55. The molecule has 0 radical (unpaired) electrons. The molecule has 3 fully saturated rings. The minimum Gasteiger partial charge on any atom is -0.462 e. The van der Waals surface area contributed by atoms with Crippen LogP contribution in [0.1, 0.15) is 31.2 Å². The molecular weight excluding hydrogens is 543 g/mol. The molecule has 2 N–H and O–H groups in total. The number of rotatable bonds is 5. The van der Waals surface area contributed by atoms with Crippen LogP contribution < -0.4 is 15.0 Å². The molecule has 4 aromatic rings. The Kier molecular flexibility index (Phi) is 6.31. The third-order valence-corrected chi connectivity index (χ3v) is 8.71. The molecule has 7 nitrogen and oxygen atoms in total. The largest absolute Gasteiger partial charge is 0.462 e. The van der Waals surface area contributed by atoms with E-state index in [2.05, 4.69) is 25.2 Å². The van der Waals surface area contributed by atoms with Gasteiger partial charge in [-0.1, -0.05) is 0 Å². The summed E-state index contributed by atoms with van der Waals surface area (Å²) in [6.07, 6.45) is 0.747. The minimum absolute atomic E-state index is 0.00609. The number of H-pyrrole nitrogens is 1. The Hall–Kier alpha value is -3.51. The van der Waals surface area contributed by atoms with Crippen molar-refractivity contribution >= 4 is 27.6 Å². The molecule has 2 aromatic heterocycles. The van der Waals surface area contributed by atoms with Gasteiger partial charge >= 0.3 is 12.2 Å². The van der Waals surface area contributed by atoms with Crippen molar-refractivity contribution in [3.05, 3.63) is 47.7 Å². The second-order valence-electron chi connectivity index (χ2n) is 11.4. The summed E-state index contributed by atoms with van der Waals surface area (Å²) in [6.45, 7) is 2.54. The zero-order valence-corrected chi connectivity index (χ0v) is 22.4. The Morgan fingerprint density at radius 3 is 2.51 bits per heavy atom. The summed E-state index contributed by atoms with van der Waals surface area (Å²) < 4.78 is 78.6. The summed E-state index contributed by atoms with van der Waals surface area (Å²) in [5, 5.41) is 3.81. The Balaban J connectivity index is 1.37. The van der Waals surface area contributed by atoms with Gasteiger partial charge in [0, 0.05) is 59.3 Å². The monoisotopic (exact) mass is 572 g/mol. The van der Waals surface area contributed by atoms with Gasteiger partial charge in [-0.3, -0.25) is 0 Å². The zero-order valence-electron chi connectivity index (χ0n) is 22.4. The number of halogens is 5. The number of hydrogen-bond donors (Lipinski definition) is 2. The van der Waals surface area contributed by atoms with Crippen molar-refractivity contribution in [2.45, 2.75) is 50.0 Å². The standard InChI is InChI=1S/C29H29F5N6O/c1-39-8-2-3-18(39)14-41-28-37-26-20(27(38-28)40-12-16-5-6-17(13-40)36-16)10-22(30)24(25(26)31)21-11-35-23-7-4-15(9-19(21)23)29(32,33)34/h4,7,9-11,16-18,35-36H,2-3,5-6,8,12-14H2,1H3/t16-,17+,18-/m0/s1. The van der Waals surface area contributed by atoms with Crippen molar-refractivity contribution < 1.29 is 26.7 Å². The number of aromatic nitrogens is 3. The second kappa shape index (κ2) is 9.80. The lowest BCUT2D eigenvalue weighted by atomic mass is 10.00. The number of fused-ring (bicyclic) bond motifs is 4. The van der Waals surface area contributed by atoms with Crippen LogP contribution in [0.15, 0.2) is 30.5 Å². The molecule has 0 amide bonds. The molecule has 41 heavy (non-hydrogen) atoms. The van der Waals surface area contributed by atoms with Crippen LogP contribution in [0, 0.1) is 11.6 Å².